The van der Waals surface area contributed by atoms with Crippen molar-refractivity contribution in [3.63, 3.8) is 0 Å². The fraction of sp³-hybridized carbons (Fsp3) is 0.269. The topological polar surface area (TPSA) is 40.0 Å². The molecule has 4 heteroatoms. The minimum Gasteiger partial charge on any atom is -0.374 e. The van der Waals surface area contributed by atoms with Crippen molar-refractivity contribution < 1.29 is 14.2 Å². The number of ether oxygens (including phenoxy) is 3. The average molecular weight is 402 g/mol. The van der Waals surface area contributed by atoms with Gasteiger partial charge in [0.05, 0.1) is 26.4 Å². The van der Waals surface area contributed by atoms with Crippen LogP contribution in [0.15, 0.2) is 96.0 Å². The number of benzene rings is 3. The number of hydrogen-bond acceptors (Lipinski definition) is 4. The van der Waals surface area contributed by atoms with Gasteiger partial charge in [-0.05, 0) is 16.7 Å². The molecule has 3 aromatic carbocycles. The molecule has 4 rings (SSSR count). The van der Waals surface area contributed by atoms with E-state index in [1.807, 2.05) is 60.8 Å². The normalized spacial score (nSPS) is 20.5. The predicted octanol–water partition coefficient (Wildman–Crippen LogP) is 4.83. The fourth-order valence-corrected chi connectivity index (χ4v) is 3.47. The third-order valence-corrected chi connectivity index (χ3v) is 5.10. The van der Waals surface area contributed by atoms with Crippen molar-refractivity contribution >= 4 is 6.21 Å². The van der Waals surface area contributed by atoms with Crippen LogP contribution in [-0.2, 0) is 34.0 Å². The van der Waals surface area contributed by atoms with Crippen LogP contribution in [0.2, 0.25) is 0 Å². The first-order chi connectivity index (χ1) is 14.9. The van der Waals surface area contributed by atoms with Gasteiger partial charge in [-0.2, -0.15) is 0 Å². The molecule has 30 heavy (non-hydrogen) atoms. The van der Waals surface area contributed by atoms with Crippen LogP contribution in [0.3, 0.4) is 0 Å². The first-order valence-electron chi connectivity index (χ1n) is 10.3. The molecule has 0 aliphatic carbocycles. The number of hydrogen-bond donors (Lipinski definition) is 0. The Morgan fingerprint density at radius 3 is 1.67 bits per heavy atom. The first-order valence-corrected chi connectivity index (χ1v) is 10.3. The van der Waals surface area contributed by atoms with Crippen molar-refractivity contribution in [1.29, 1.82) is 0 Å². The number of aliphatic imine (C=N–C) groups is 1. The summed E-state index contributed by atoms with van der Waals surface area (Å²) in [4.78, 5) is 4.65. The monoisotopic (exact) mass is 401 g/mol. The maximum absolute atomic E-state index is 6.28. The zero-order valence-corrected chi connectivity index (χ0v) is 17.0. The van der Waals surface area contributed by atoms with Crippen molar-refractivity contribution in [3.8, 4) is 0 Å². The molecule has 0 bridgehead atoms. The van der Waals surface area contributed by atoms with Gasteiger partial charge in [-0.25, -0.2) is 0 Å². The highest BCUT2D eigenvalue weighted by molar-refractivity contribution is 5.67. The molecule has 0 radical (unpaired) electrons. The molecule has 0 aromatic heterocycles. The molecule has 3 aromatic rings. The summed E-state index contributed by atoms with van der Waals surface area (Å²) < 4.78 is 18.4. The van der Waals surface area contributed by atoms with E-state index in [2.05, 4.69) is 41.4 Å². The van der Waals surface area contributed by atoms with Crippen molar-refractivity contribution in [2.75, 3.05) is 6.61 Å². The Morgan fingerprint density at radius 1 is 0.600 bits per heavy atom. The minimum absolute atomic E-state index is 0.0850. The third-order valence-electron chi connectivity index (χ3n) is 5.10. The van der Waals surface area contributed by atoms with E-state index in [-0.39, 0.29) is 18.2 Å². The lowest BCUT2D eigenvalue weighted by atomic mass is 10.1. The molecular weight excluding hydrogens is 374 g/mol. The number of nitrogens with zero attached hydrogens (tertiary/aromatic N) is 1. The van der Waals surface area contributed by atoms with E-state index in [0.29, 0.717) is 26.4 Å². The first kappa shape index (κ1) is 20.5. The van der Waals surface area contributed by atoms with E-state index >= 15 is 0 Å². The molecule has 1 heterocycles. The molecular formula is C26H27NO3. The molecule has 0 N–H and O–H groups in total. The standard InChI is InChI=1S/C26H27NO3/c1-4-10-21(11-5-1)17-28-20-24-26(30-19-23-14-8-3-9-15-23)25(16-27-24)29-18-22-12-6-2-7-13-22/h1-16,24-26H,17-20H2/t24-,25+,26+/m0/s1. The van der Waals surface area contributed by atoms with Crippen LogP contribution in [0.5, 0.6) is 0 Å². The summed E-state index contributed by atoms with van der Waals surface area (Å²) in [6.07, 6.45) is 1.50. The Hall–Kier alpha value is -2.79. The van der Waals surface area contributed by atoms with Crippen molar-refractivity contribution in [3.05, 3.63) is 108 Å². The molecule has 0 fully saturated rings. The van der Waals surface area contributed by atoms with E-state index in [4.69, 9.17) is 14.2 Å². The van der Waals surface area contributed by atoms with E-state index in [0.717, 1.165) is 16.7 Å². The van der Waals surface area contributed by atoms with Gasteiger partial charge in [0.25, 0.3) is 0 Å². The van der Waals surface area contributed by atoms with Gasteiger partial charge in [0.2, 0.25) is 0 Å². The van der Waals surface area contributed by atoms with Gasteiger partial charge in [-0.15, -0.1) is 0 Å². The van der Waals surface area contributed by atoms with Gasteiger partial charge in [0, 0.05) is 6.21 Å². The van der Waals surface area contributed by atoms with Crippen LogP contribution in [0.4, 0.5) is 0 Å². The second kappa shape index (κ2) is 10.8. The maximum atomic E-state index is 6.28. The third kappa shape index (κ3) is 5.86. The lowest BCUT2D eigenvalue weighted by Gasteiger charge is -2.24. The van der Waals surface area contributed by atoms with Gasteiger partial charge < -0.3 is 14.2 Å². The van der Waals surface area contributed by atoms with Gasteiger partial charge >= 0.3 is 0 Å². The summed E-state index contributed by atoms with van der Waals surface area (Å²) in [6.45, 7) is 2.11. The Balaban J connectivity index is 1.35. The molecule has 3 atom stereocenters. The second-order valence-electron chi connectivity index (χ2n) is 7.39. The lowest BCUT2D eigenvalue weighted by molar-refractivity contribution is -0.0682. The molecule has 0 amide bonds. The van der Waals surface area contributed by atoms with Crippen LogP contribution in [0.1, 0.15) is 16.7 Å². The van der Waals surface area contributed by atoms with Gasteiger partial charge in [0.15, 0.2) is 0 Å². The second-order valence-corrected chi connectivity index (χ2v) is 7.39. The summed E-state index contributed by atoms with van der Waals surface area (Å²) in [7, 11) is 0. The molecule has 0 saturated carbocycles. The highest BCUT2D eigenvalue weighted by Crippen LogP contribution is 2.21. The Bertz CT molecular complexity index is 899. The zero-order valence-electron chi connectivity index (χ0n) is 17.0. The van der Waals surface area contributed by atoms with E-state index in [1.165, 1.54) is 0 Å². The molecule has 0 saturated heterocycles. The molecule has 0 unspecified atom stereocenters. The van der Waals surface area contributed by atoms with Gasteiger partial charge in [-0.3, -0.25) is 4.99 Å². The zero-order chi connectivity index (χ0) is 20.4. The number of rotatable bonds is 10. The molecule has 154 valence electrons. The summed E-state index contributed by atoms with van der Waals surface area (Å²) in [5.41, 5.74) is 3.42. The molecule has 1 aliphatic rings. The largest absolute Gasteiger partial charge is 0.374 e. The summed E-state index contributed by atoms with van der Waals surface area (Å²) >= 11 is 0. The Kier molecular flexibility index (Phi) is 7.40. The van der Waals surface area contributed by atoms with Crippen LogP contribution < -0.4 is 0 Å². The van der Waals surface area contributed by atoms with E-state index < -0.39 is 0 Å². The predicted molar refractivity (Wildman–Crippen MR) is 118 cm³/mol. The minimum atomic E-state index is -0.195. The smallest absolute Gasteiger partial charge is 0.121 e. The summed E-state index contributed by atoms with van der Waals surface area (Å²) in [5.74, 6) is 0. The van der Waals surface area contributed by atoms with Crippen LogP contribution in [0.25, 0.3) is 0 Å². The van der Waals surface area contributed by atoms with Gasteiger partial charge in [-0.1, -0.05) is 91.0 Å². The van der Waals surface area contributed by atoms with Crippen LogP contribution in [-0.4, -0.2) is 31.1 Å². The quantitative estimate of drug-likeness (QED) is 0.489. The lowest BCUT2D eigenvalue weighted by Crippen LogP contribution is -2.38. The fourth-order valence-electron chi connectivity index (χ4n) is 3.47. The van der Waals surface area contributed by atoms with Crippen molar-refractivity contribution in [1.82, 2.24) is 0 Å². The molecule has 4 nitrogen and oxygen atoms in total. The average Bonchev–Trinajstić information content (AvgIpc) is 3.20. The maximum Gasteiger partial charge on any atom is 0.121 e. The van der Waals surface area contributed by atoms with Gasteiger partial charge in [0.1, 0.15) is 18.2 Å². The Morgan fingerprint density at radius 2 is 1.10 bits per heavy atom. The van der Waals surface area contributed by atoms with Crippen molar-refractivity contribution in [2.24, 2.45) is 4.99 Å². The Labute approximate surface area is 178 Å². The van der Waals surface area contributed by atoms with E-state index in [9.17, 15) is 0 Å². The summed E-state index contributed by atoms with van der Waals surface area (Å²) in [5, 5.41) is 0. The summed E-state index contributed by atoms with van der Waals surface area (Å²) in [6, 6.07) is 30.4. The molecule has 0 spiro atoms. The highest BCUT2D eigenvalue weighted by Gasteiger charge is 2.35. The van der Waals surface area contributed by atoms with E-state index in [1.54, 1.807) is 0 Å². The highest BCUT2D eigenvalue weighted by atomic mass is 16.5. The molecule has 1 aliphatic heterocycles. The van der Waals surface area contributed by atoms with Crippen LogP contribution in [0, 0.1) is 0 Å². The SMILES string of the molecule is C1=N[C@@H](COCc2ccccc2)[C@@H](OCc2ccccc2)[C@@H]1OCc1ccccc1. The van der Waals surface area contributed by atoms with Crippen LogP contribution >= 0.6 is 0 Å². The van der Waals surface area contributed by atoms with Crippen molar-refractivity contribution in [2.45, 2.75) is 38.1 Å².